The zero-order chi connectivity index (χ0) is 7.84. The molecule has 0 spiro atoms. The molecular formula is C8H14N2O. The highest BCUT2D eigenvalue weighted by Gasteiger charge is 2.39. The summed E-state index contributed by atoms with van der Waals surface area (Å²) in [7, 11) is 1.86. The molecule has 2 rings (SSSR count). The molecule has 3 heteroatoms. The van der Waals surface area contributed by atoms with E-state index < -0.39 is 0 Å². The Hall–Kier alpha value is -0.570. The zero-order valence-electron chi connectivity index (χ0n) is 6.84. The first-order valence-electron chi connectivity index (χ1n) is 4.30. The van der Waals surface area contributed by atoms with Crippen molar-refractivity contribution in [2.75, 3.05) is 13.6 Å². The average molecular weight is 154 g/mol. The molecule has 2 aliphatic rings. The highest BCUT2D eigenvalue weighted by atomic mass is 16.2. The first-order valence-corrected chi connectivity index (χ1v) is 4.30. The minimum Gasteiger partial charge on any atom is -0.338 e. The number of likely N-dealkylation sites (tertiary alicyclic amines) is 1. The summed E-state index contributed by atoms with van der Waals surface area (Å²) in [6, 6.07) is 0.705. The second-order valence-corrected chi connectivity index (χ2v) is 3.39. The van der Waals surface area contributed by atoms with Crippen LogP contribution < -0.4 is 5.32 Å². The van der Waals surface area contributed by atoms with Gasteiger partial charge >= 0.3 is 0 Å². The molecule has 1 saturated carbocycles. The minimum absolute atomic E-state index is 0.107. The molecule has 1 amide bonds. The van der Waals surface area contributed by atoms with E-state index in [1.807, 2.05) is 11.9 Å². The van der Waals surface area contributed by atoms with Crippen LogP contribution in [0.15, 0.2) is 0 Å². The molecule has 0 aromatic rings. The van der Waals surface area contributed by atoms with E-state index in [1.165, 1.54) is 12.8 Å². The number of nitrogens with one attached hydrogen (secondary N) is 1. The van der Waals surface area contributed by atoms with Gasteiger partial charge < -0.3 is 10.2 Å². The number of amides is 1. The maximum Gasteiger partial charge on any atom is 0.240 e. The maximum atomic E-state index is 11.5. The monoisotopic (exact) mass is 154 g/mol. The lowest BCUT2D eigenvalue weighted by Gasteiger charge is -2.14. The molecule has 1 unspecified atom stereocenters. The van der Waals surface area contributed by atoms with Crippen molar-refractivity contribution in [3.63, 3.8) is 0 Å². The molecular weight excluding hydrogens is 140 g/mol. The van der Waals surface area contributed by atoms with Crippen LogP contribution in [0.1, 0.15) is 19.3 Å². The molecule has 1 atom stereocenters. The first-order chi connectivity index (χ1) is 5.33. The second kappa shape index (κ2) is 2.48. The molecule has 11 heavy (non-hydrogen) atoms. The van der Waals surface area contributed by atoms with Crippen molar-refractivity contribution >= 4 is 5.91 Å². The molecule has 1 aliphatic carbocycles. The summed E-state index contributed by atoms with van der Waals surface area (Å²) in [6.07, 6.45) is 3.44. The standard InChI is InChI=1S/C8H14N2O/c1-9-7-4-5-10(8(7)11)6-2-3-6/h6-7,9H,2-5H2,1H3. The van der Waals surface area contributed by atoms with Crippen molar-refractivity contribution < 1.29 is 4.79 Å². The van der Waals surface area contributed by atoms with Gasteiger partial charge in [-0.3, -0.25) is 4.79 Å². The van der Waals surface area contributed by atoms with Crippen LogP contribution in [0.4, 0.5) is 0 Å². The zero-order valence-corrected chi connectivity index (χ0v) is 6.84. The summed E-state index contributed by atoms with van der Waals surface area (Å²) in [5.74, 6) is 0.315. The van der Waals surface area contributed by atoms with Crippen LogP contribution in [0.2, 0.25) is 0 Å². The Bertz CT molecular complexity index is 177. The van der Waals surface area contributed by atoms with Crippen molar-refractivity contribution in [2.45, 2.75) is 31.3 Å². The van der Waals surface area contributed by atoms with E-state index in [2.05, 4.69) is 5.32 Å². The fraction of sp³-hybridized carbons (Fsp3) is 0.875. The predicted octanol–water partition coefficient (Wildman–Crippen LogP) is -0.0309. The van der Waals surface area contributed by atoms with Crippen molar-refractivity contribution in [2.24, 2.45) is 0 Å². The van der Waals surface area contributed by atoms with E-state index in [-0.39, 0.29) is 6.04 Å². The fourth-order valence-corrected chi connectivity index (χ4v) is 1.72. The number of nitrogens with zero attached hydrogens (tertiary/aromatic N) is 1. The minimum atomic E-state index is 0.107. The van der Waals surface area contributed by atoms with Gasteiger partial charge in [-0.05, 0) is 26.3 Å². The van der Waals surface area contributed by atoms with Crippen molar-refractivity contribution in [3.8, 4) is 0 Å². The van der Waals surface area contributed by atoms with E-state index in [0.29, 0.717) is 11.9 Å². The van der Waals surface area contributed by atoms with Gasteiger partial charge in [0.15, 0.2) is 0 Å². The van der Waals surface area contributed by atoms with Gasteiger partial charge in [0, 0.05) is 12.6 Å². The first kappa shape index (κ1) is 7.10. The van der Waals surface area contributed by atoms with Gasteiger partial charge in [0.25, 0.3) is 0 Å². The Morgan fingerprint density at radius 1 is 1.45 bits per heavy atom. The molecule has 0 bridgehead atoms. The van der Waals surface area contributed by atoms with Crippen LogP contribution in [0.25, 0.3) is 0 Å². The normalized spacial score (nSPS) is 31.5. The lowest BCUT2D eigenvalue weighted by Crippen LogP contribution is -2.37. The average Bonchev–Trinajstić information content (AvgIpc) is 2.77. The number of likely N-dealkylation sites (N-methyl/N-ethyl adjacent to an activating group) is 1. The van der Waals surface area contributed by atoms with Crippen LogP contribution in [0, 0.1) is 0 Å². The van der Waals surface area contributed by atoms with E-state index in [9.17, 15) is 4.79 Å². The van der Waals surface area contributed by atoms with Gasteiger partial charge in [-0.15, -0.1) is 0 Å². The number of rotatable bonds is 2. The highest BCUT2D eigenvalue weighted by molar-refractivity contribution is 5.84. The molecule has 1 aliphatic heterocycles. The van der Waals surface area contributed by atoms with E-state index in [0.717, 1.165) is 13.0 Å². The summed E-state index contributed by atoms with van der Waals surface area (Å²) >= 11 is 0. The topological polar surface area (TPSA) is 32.3 Å². The molecule has 0 aromatic heterocycles. The van der Waals surface area contributed by atoms with Crippen LogP contribution in [0.3, 0.4) is 0 Å². The van der Waals surface area contributed by atoms with Gasteiger partial charge in [-0.25, -0.2) is 0 Å². The van der Waals surface area contributed by atoms with E-state index >= 15 is 0 Å². The van der Waals surface area contributed by atoms with Crippen LogP contribution in [-0.4, -0.2) is 36.5 Å². The number of hydrogen-bond donors (Lipinski definition) is 1. The van der Waals surface area contributed by atoms with Crippen molar-refractivity contribution in [3.05, 3.63) is 0 Å². The summed E-state index contributed by atoms with van der Waals surface area (Å²) in [4.78, 5) is 13.5. The predicted molar refractivity (Wildman–Crippen MR) is 42.2 cm³/mol. The number of carbonyl (C=O) groups is 1. The molecule has 2 fully saturated rings. The maximum absolute atomic E-state index is 11.5. The Labute approximate surface area is 66.8 Å². The lowest BCUT2D eigenvalue weighted by molar-refractivity contribution is -0.129. The van der Waals surface area contributed by atoms with Crippen LogP contribution >= 0.6 is 0 Å². The quantitative estimate of drug-likeness (QED) is 0.605. The number of hydrogen-bond acceptors (Lipinski definition) is 2. The number of carbonyl (C=O) groups excluding carboxylic acids is 1. The molecule has 1 N–H and O–H groups in total. The van der Waals surface area contributed by atoms with Crippen LogP contribution in [-0.2, 0) is 4.79 Å². The van der Waals surface area contributed by atoms with E-state index in [1.54, 1.807) is 0 Å². The highest BCUT2D eigenvalue weighted by Crippen LogP contribution is 2.30. The molecule has 3 nitrogen and oxygen atoms in total. The Morgan fingerprint density at radius 2 is 2.18 bits per heavy atom. The van der Waals surface area contributed by atoms with Gasteiger partial charge in [0.1, 0.15) is 0 Å². The summed E-state index contributed by atoms with van der Waals surface area (Å²) < 4.78 is 0. The molecule has 1 heterocycles. The van der Waals surface area contributed by atoms with Crippen molar-refractivity contribution in [1.82, 2.24) is 10.2 Å². The second-order valence-electron chi connectivity index (χ2n) is 3.39. The van der Waals surface area contributed by atoms with Crippen LogP contribution in [0.5, 0.6) is 0 Å². The third-order valence-electron chi connectivity index (χ3n) is 2.58. The van der Waals surface area contributed by atoms with Gasteiger partial charge in [0.05, 0.1) is 6.04 Å². The van der Waals surface area contributed by atoms with Crippen molar-refractivity contribution in [1.29, 1.82) is 0 Å². The third kappa shape index (κ3) is 1.13. The molecule has 62 valence electrons. The van der Waals surface area contributed by atoms with Gasteiger partial charge in [-0.1, -0.05) is 0 Å². The Morgan fingerprint density at radius 3 is 2.64 bits per heavy atom. The summed E-state index contributed by atoms with van der Waals surface area (Å²) in [5, 5.41) is 3.04. The summed E-state index contributed by atoms with van der Waals surface area (Å²) in [6.45, 7) is 0.967. The molecule has 1 saturated heterocycles. The Kier molecular flexibility index (Phi) is 1.60. The van der Waals surface area contributed by atoms with Gasteiger partial charge in [-0.2, -0.15) is 0 Å². The lowest BCUT2D eigenvalue weighted by atomic mass is 10.3. The third-order valence-corrected chi connectivity index (χ3v) is 2.58. The molecule has 0 aromatic carbocycles. The summed E-state index contributed by atoms with van der Waals surface area (Å²) in [5.41, 5.74) is 0. The SMILES string of the molecule is CNC1CCN(C2CC2)C1=O. The van der Waals surface area contributed by atoms with E-state index in [4.69, 9.17) is 0 Å². The van der Waals surface area contributed by atoms with Gasteiger partial charge in [0.2, 0.25) is 5.91 Å². The largest absolute Gasteiger partial charge is 0.338 e. The Balaban J connectivity index is 1.99. The fourth-order valence-electron chi connectivity index (χ4n) is 1.72. The molecule has 0 radical (unpaired) electrons. The smallest absolute Gasteiger partial charge is 0.240 e.